The van der Waals surface area contributed by atoms with Crippen molar-refractivity contribution in [3.05, 3.63) is 35.9 Å². The number of rotatable bonds is 5. The van der Waals surface area contributed by atoms with Gasteiger partial charge in [-0.15, -0.1) is 0 Å². The molecule has 4 nitrogen and oxygen atoms in total. The molecular weight excluding hydrogens is 300 g/mol. The van der Waals surface area contributed by atoms with Gasteiger partial charge in [-0.05, 0) is 18.4 Å². The van der Waals surface area contributed by atoms with E-state index >= 15 is 0 Å². The zero-order valence-electron chi connectivity index (χ0n) is 14.9. The quantitative estimate of drug-likeness (QED) is 0.900. The molecule has 0 bridgehead atoms. The molecule has 1 saturated carbocycles. The average molecular weight is 331 g/mol. The minimum atomic E-state index is -0.167. The highest BCUT2D eigenvalue weighted by atomic mass is 16.6. The molecule has 1 amide bonds. The second kappa shape index (κ2) is 8.02. The van der Waals surface area contributed by atoms with Crippen LogP contribution in [0.4, 0.5) is 4.79 Å². The lowest BCUT2D eigenvalue weighted by Crippen LogP contribution is -3.12. The molecule has 1 aliphatic carbocycles. The minimum absolute atomic E-state index is 0.00824. The molecule has 0 unspecified atom stereocenters. The molecule has 1 heterocycles. The Morgan fingerprint density at radius 1 is 1.08 bits per heavy atom. The third-order valence-electron chi connectivity index (χ3n) is 5.86. The summed E-state index contributed by atoms with van der Waals surface area (Å²) in [4.78, 5) is 16.3. The fourth-order valence-electron chi connectivity index (χ4n) is 4.37. The van der Waals surface area contributed by atoms with Gasteiger partial charge >= 0.3 is 6.09 Å². The Bertz CT molecular complexity index is 520. The van der Waals surface area contributed by atoms with Crippen molar-refractivity contribution >= 4 is 6.09 Å². The highest BCUT2D eigenvalue weighted by Gasteiger charge is 2.43. The van der Waals surface area contributed by atoms with Gasteiger partial charge in [0.15, 0.2) is 0 Å². The molecule has 24 heavy (non-hydrogen) atoms. The Morgan fingerprint density at radius 3 is 2.42 bits per heavy atom. The molecule has 1 N–H and O–H groups in total. The lowest BCUT2D eigenvalue weighted by Gasteiger charge is -2.44. The molecule has 1 saturated heterocycles. The molecule has 3 rings (SSSR count). The van der Waals surface area contributed by atoms with Crippen molar-refractivity contribution in [1.82, 2.24) is 4.90 Å². The monoisotopic (exact) mass is 331 g/mol. The Kier molecular flexibility index (Phi) is 5.77. The molecule has 0 radical (unpaired) electrons. The van der Waals surface area contributed by atoms with E-state index in [4.69, 9.17) is 4.74 Å². The average Bonchev–Trinajstić information content (AvgIpc) is 3.13. The van der Waals surface area contributed by atoms with Crippen LogP contribution in [0.15, 0.2) is 30.3 Å². The number of hydrogen-bond acceptors (Lipinski definition) is 2. The number of nitrogens with zero attached hydrogens (tertiary/aromatic N) is 1. The van der Waals surface area contributed by atoms with Gasteiger partial charge in [-0.2, -0.15) is 0 Å². The standard InChI is InChI=1S/C20H30N2O2/c1-21(19(23)24-16-18-10-4-2-5-11-18)20(12-6-3-7-13-20)17-22-14-8-9-15-22/h2,4-5,10-11H,3,6-9,12-17H2,1H3/p+1. The van der Waals surface area contributed by atoms with E-state index in [0.29, 0.717) is 6.61 Å². The Balaban J connectivity index is 1.63. The number of amides is 1. The van der Waals surface area contributed by atoms with Gasteiger partial charge in [0.05, 0.1) is 18.6 Å². The molecule has 132 valence electrons. The summed E-state index contributed by atoms with van der Waals surface area (Å²) in [6, 6.07) is 9.93. The maximum Gasteiger partial charge on any atom is 0.410 e. The first-order valence-electron chi connectivity index (χ1n) is 9.48. The summed E-state index contributed by atoms with van der Waals surface area (Å²) in [6.45, 7) is 3.96. The molecule has 0 aromatic heterocycles. The highest BCUT2D eigenvalue weighted by molar-refractivity contribution is 5.68. The van der Waals surface area contributed by atoms with E-state index in [1.54, 1.807) is 4.90 Å². The van der Waals surface area contributed by atoms with E-state index in [1.165, 1.54) is 45.2 Å². The van der Waals surface area contributed by atoms with E-state index in [1.807, 2.05) is 42.3 Å². The van der Waals surface area contributed by atoms with Crippen LogP contribution in [0.1, 0.15) is 50.5 Å². The molecule has 0 atom stereocenters. The van der Waals surface area contributed by atoms with E-state index in [2.05, 4.69) is 0 Å². The van der Waals surface area contributed by atoms with Crippen molar-refractivity contribution in [3.63, 3.8) is 0 Å². The van der Waals surface area contributed by atoms with Crippen molar-refractivity contribution in [2.75, 3.05) is 26.7 Å². The molecular formula is C20H31N2O2+. The zero-order chi connectivity index (χ0) is 16.8. The SMILES string of the molecule is CN(C(=O)OCc1ccccc1)C1(C[NH+]2CCCC2)CCCCC1. The van der Waals surface area contributed by atoms with Crippen LogP contribution in [0.5, 0.6) is 0 Å². The van der Waals surface area contributed by atoms with Crippen LogP contribution in [-0.2, 0) is 11.3 Å². The van der Waals surface area contributed by atoms with Gasteiger partial charge in [-0.1, -0.05) is 49.6 Å². The number of hydrogen-bond donors (Lipinski definition) is 1. The topological polar surface area (TPSA) is 34.0 Å². The van der Waals surface area contributed by atoms with Crippen molar-refractivity contribution in [2.45, 2.75) is 57.1 Å². The summed E-state index contributed by atoms with van der Waals surface area (Å²) in [6.07, 6.45) is 8.47. The number of likely N-dealkylation sites (tertiary alicyclic amines) is 1. The van der Waals surface area contributed by atoms with Crippen LogP contribution in [0.3, 0.4) is 0 Å². The van der Waals surface area contributed by atoms with Gasteiger partial charge in [-0.3, -0.25) is 4.90 Å². The Hall–Kier alpha value is -1.55. The number of quaternary nitrogens is 1. The first-order chi connectivity index (χ1) is 11.7. The summed E-state index contributed by atoms with van der Waals surface area (Å²) in [5.74, 6) is 0. The van der Waals surface area contributed by atoms with Crippen molar-refractivity contribution in [3.8, 4) is 0 Å². The van der Waals surface area contributed by atoms with Crippen LogP contribution < -0.4 is 4.90 Å². The maximum absolute atomic E-state index is 12.7. The normalized spacial score (nSPS) is 20.7. The lowest BCUT2D eigenvalue weighted by molar-refractivity contribution is -0.892. The highest BCUT2D eigenvalue weighted by Crippen LogP contribution is 2.32. The summed E-state index contributed by atoms with van der Waals surface area (Å²) in [7, 11) is 1.95. The Morgan fingerprint density at radius 2 is 1.75 bits per heavy atom. The van der Waals surface area contributed by atoms with E-state index in [0.717, 1.165) is 24.9 Å². The van der Waals surface area contributed by atoms with Gasteiger partial charge in [0, 0.05) is 19.9 Å². The fraction of sp³-hybridized carbons (Fsp3) is 0.650. The van der Waals surface area contributed by atoms with Crippen LogP contribution in [0, 0.1) is 0 Å². The lowest BCUT2D eigenvalue weighted by atomic mass is 9.80. The number of nitrogens with one attached hydrogen (secondary N) is 1. The van der Waals surface area contributed by atoms with Gasteiger partial charge in [0.1, 0.15) is 13.2 Å². The van der Waals surface area contributed by atoms with Crippen molar-refractivity contribution in [2.24, 2.45) is 0 Å². The number of benzene rings is 1. The van der Waals surface area contributed by atoms with E-state index in [-0.39, 0.29) is 11.6 Å². The van der Waals surface area contributed by atoms with E-state index in [9.17, 15) is 4.79 Å². The summed E-state index contributed by atoms with van der Waals surface area (Å²) in [5, 5.41) is 0. The summed E-state index contributed by atoms with van der Waals surface area (Å²) >= 11 is 0. The number of ether oxygens (including phenoxy) is 1. The molecule has 4 heteroatoms. The van der Waals surface area contributed by atoms with Gasteiger partial charge in [-0.25, -0.2) is 4.79 Å². The summed E-state index contributed by atoms with van der Waals surface area (Å²) in [5.41, 5.74) is 1.04. The first kappa shape index (κ1) is 17.3. The second-order valence-corrected chi connectivity index (χ2v) is 7.52. The molecule has 2 fully saturated rings. The van der Waals surface area contributed by atoms with Crippen LogP contribution >= 0.6 is 0 Å². The van der Waals surface area contributed by atoms with Crippen LogP contribution in [0.25, 0.3) is 0 Å². The second-order valence-electron chi connectivity index (χ2n) is 7.52. The van der Waals surface area contributed by atoms with Crippen molar-refractivity contribution < 1.29 is 14.4 Å². The minimum Gasteiger partial charge on any atom is -0.445 e. The fourth-order valence-corrected chi connectivity index (χ4v) is 4.37. The zero-order valence-corrected chi connectivity index (χ0v) is 14.9. The van der Waals surface area contributed by atoms with Crippen molar-refractivity contribution in [1.29, 1.82) is 0 Å². The summed E-state index contributed by atoms with van der Waals surface area (Å²) < 4.78 is 5.61. The third kappa shape index (κ3) is 4.10. The van der Waals surface area contributed by atoms with Gasteiger partial charge in [0.25, 0.3) is 0 Å². The predicted molar refractivity (Wildman–Crippen MR) is 95.0 cm³/mol. The largest absolute Gasteiger partial charge is 0.445 e. The molecule has 1 aromatic carbocycles. The maximum atomic E-state index is 12.7. The molecule has 1 aliphatic heterocycles. The molecule has 1 aromatic rings. The van der Waals surface area contributed by atoms with Gasteiger partial charge < -0.3 is 9.64 Å². The number of carbonyl (C=O) groups is 1. The number of carbonyl (C=O) groups excluding carboxylic acids is 1. The van der Waals surface area contributed by atoms with Crippen LogP contribution in [0.2, 0.25) is 0 Å². The third-order valence-corrected chi connectivity index (χ3v) is 5.86. The van der Waals surface area contributed by atoms with E-state index < -0.39 is 0 Å². The first-order valence-corrected chi connectivity index (χ1v) is 9.48. The smallest absolute Gasteiger partial charge is 0.410 e. The van der Waals surface area contributed by atoms with Crippen LogP contribution in [-0.4, -0.2) is 43.2 Å². The predicted octanol–water partition coefficient (Wildman–Crippen LogP) is 2.64. The molecule has 0 spiro atoms. The van der Waals surface area contributed by atoms with Gasteiger partial charge in [0.2, 0.25) is 0 Å². The number of likely N-dealkylation sites (N-methyl/N-ethyl adjacent to an activating group) is 1. The molecule has 2 aliphatic rings. The Labute approximate surface area is 145 Å².